The number of thiazole rings is 1. The molecule has 0 saturated carbocycles. The average molecular weight is 359 g/mol. The smallest absolute Gasteiger partial charge is 0.316 e. The summed E-state index contributed by atoms with van der Waals surface area (Å²) >= 11 is 3.00. The zero-order valence-electron chi connectivity index (χ0n) is 13.2. The quantitative estimate of drug-likeness (QED) is 0.458. The maximum Gasteiger partial charge on any atom is 0.316 e. The first-order valence-corrected chi connectivity index (χ1v) is 9.40. The van der Waals surface area contributed by atoms with Gasteiger partial charge in [-0.15, -0.1) is 23.1 Å². The number of rotatable bonds is 7. The van der Waals surface area contributed by atoms with Crippen molar-refractivity contribution in [3.8, 4) is 5.75 Å². The SMILES string of the molecule is CCOc1ccc(SCC(=O)OCc2nc3ccccc3s2)cc1. The van der Waals surface area contributed by atoms with Crippen LogP contribution < -0.4 is 4.74 Å². The molecule has 24 heavy (non-hydrogen) atoms. The summed E-state index contributed by atoms with van der Waals surface area (Å²) in [5, 5.41) is 0.815. The van der Waals surface area contributed by atoms with Crippen molar-refractivity contribution in [3.63, 3.8) is 0 Å². The first-order valence-electron chi connectivity index (χ1n) is 7.60. The number of hydrogen-bond donors (Lipinski definition) is 0. The molecule has 124 valence electrons. The van der Waals surface area contributed by atoms with E-state index in [1.165, 1.54) is 11.8 Å². The van der Waals surface area contributed by atoms with Gasteiger partial charge in [-0.1, -0.05) is 12.1 Å². The van der Waals surface area contributed by atoms with Gasteiger partial charge >= 0.3 is 5.97 Å². The highest BCUT2D eigenvalue weighted by molar-refractivity contribution is 8.00. The van der Waals surface area contributed by atoms with Gasteiger partial charge in [0.05, 0.1) is 22.6 Å². The van der Waals surface area contributed by atoms with Crippen molar-refractivity contribution in [1.82, 2.24) is 4.98 Å². The Morgan fingerprint density at radius 3 is 2.71 bits per heavy atom. The minimum absolute atomic E-state index is 0.224. The summed E-state index contributed by atoms with van der Waals surface area (Å²) in [6, 6.07) is 15.6. The molecule has 2 aromatic carbocycles. The lowest BCUT2D eigenvalue weighted by molar-refractivity contribution is -0.141. The summed E-state index contributed by atoms with van der Waals surface area (Å²) in [7, 11) is 0. The van der Waals surface area contributed by atoms with Crippen molar-refractivity contribution < 1.29 is 14.3 Å². The fourth-order valence-electron chi connectivity index (χ4n) is 2.11. The normalized spacial score (nSPS) is 10.7. The van der Waals surface area contributed by atoms with Gasteiger partial charge in [-0.05, 0) is 43.3 Å². The summed E-state index contributed by atoms with van der Waals surface area (Å²) in [5.41, 5.74) is 0.942. The third-order valence-electron chi connectivity index (χ3n) is 3.19. The van der Waals surface area contributed by atoms with E-state index < -0.39 is 0 Å². The van der Waals surface area contributed by atoms with E-state index in [1.807, 2.05) is 55.5 Å². The Balaban J connectivity index is 1.47. The van der Waals surface area contributed by atoms with E-state index in [1.54, 1.807) is 11.3 Å². The lowest BCUT2D eigenvalue weighted by Crippen LogP contribution is -2.07. The zero-order chi connectivity index (χ0) is 16.8. The van der Waals surface area contributed by atoms with Crippen molar-refractivity contribution in [1.29, 1.82) is 0 Å². The Morgan fingerprint density at radius 1 is 1.17 bits per heavy atom. The number of nitrogens with zero attached hydrogens (tertiary/aromatic N) is 1. The Morgan fingerprint density at radius 2 is 1.96 bits per heavy atom. The fourth-order valence-corrected chi connectivity index (χ4v) is 3.68. The van der Waals surface area contributed by atoms with Crippen molar-refractivity contribution in [3.05, 3.63) is 53.5 Å². The van der Waals surface area contributed by atoms with Crippen LogP contribution in [0.25, 0.3) is 10.2 Å². The summed E-state index contributed by atoms with van der Waals surface area (Å²) in [4.78, 5) is 17.3. The number of para-hydroxylation sites is 1. The van der Waals surface area contributed by atoms with E-state index in [0.29, 0.717) is 6.61 Å². The van der Waals surface area contributed by atoms with E-state index in [9.17, 15) is 4.79 Å². The van der Waals surface area contributed by atoms with Crippen LogP contribution in [0.2, 0.25) is 0 Å². The first kappa shape index (κ1) is 16.8. The monoisotopic (exact) mass is 359 g/mol. The van der Waals surface area contributed by atoms with Crippen LogP contribution >= 0.6 is 23.1 Å². The van der Waals surface area contributed by atoms with Crippen LogP contribution in [0.1, 0.15) is 11.9 Å². The summed E-state index contributed by atoms with van der Waals surface area (Å²) in [6.07, 6.45) is 0. The fraction of sp³-hybridized carbons (Fsp3) is 0.222. The molecule has 0 radical (unpaired) electrons. The van der Waals surface area contributed by atoms with Crippen molar-refractivity contribution in [2.45, 2.75) is 18.4 Å². The topological polar surface area (TPSA) is 48.4 Å². The number of esters is 1. The molecule has 0 saturated heterocycles. The molecule has 0 amide bonds. The Hall–Kier alpha value is -2.05. The lowest BCUT2D eigenvalue weighted by Gasteiger charge is -2.05. The number of hydrogen-bond acceptors (Lipinski definition) is 6. The molecule has 0 spiro atoms. The van der Waals surface area contributed by atoms with Gasteiger partial charge in [0, 0.05) is 4.90 Å². The molecule has 0 aliphatic heterocycles. The molecule has 0 fully saturated rings. The molecule has 0 aliphatic rings. The van der Waals surface area contributed by atoms with Crippen LogP contribution in [-0.2, 0) is 16.1 Å². The predicted molar refractivity (Wildman–Crippen MR) is 97.8 cm³/mol. The van der Waals surface area contributed by atoms with Crippen molar-refractivity contribution >= 4 is 39.3 Å². The van der Waals surface area contributed by atoms with Crippen LogP contribution in [0, 0.1) is 0 Å². The summed E-state index contributed by atoms with van der Waals surface area (Å²) in [5.74, 6) is 0.868. The number of aromatic nitrogens is 1. The predicted octanol–water partition coefficient (Wildman–Crippen LogP) is 4.53. The second kappa shape index (κ2) is 8.17. The van der Waals surface area contributed by atoms with E-state index in [-0.39, 0.29) is 18.3 Å². The number of ether oxygens (including phenoxy) is 2. The standard InChI is InChI=1S/C18H17NO3S2/c1-2-21-13-7-9-14(10-8-13)23-12-18(20)22-11-17-19-15-5-3-4-6-16(15)24-17/h3-10H,2,11-12H2,1H3. The molecule has 1 heterocycles. The molecular weight excluding hydrogens is 342 g/mol. The van der Waals surface area contributed by atoms with Gasteiger partial charge in [-0.2, -0.15) is 0 Å². The summed E-state index contributed by atoms with van der Waals surface area (Å²) < 4.78 is 11.8. The van der Waals surface area contributed by atoms with Gasteiger partial charge in [0.1, 0.15) is 17.4 Å². The second-order valence-electron chi connectivity index (χ2n) is 4.93. The third kappa shape index (κ3) is 4.49. The van der Waals surface area contributed by atoms with E-state index in [0.717, 1.165) is 25.9 Å². The number of carbonyl (C=O) groups is 1. The molecule has 4 nitrogen and oxygen atoms in total. The molecule has 3 rings (SSSR count). The van der Waals surface area contributed by atoms with Gasteiger partial charge < -0.3 is 9.47 Å². The van der Waals surface area contributed by atoms with Crippen molar-refractivity contribution in [2.75, 3.05) is 12.4 Å². The van der Waals surface area contributed by atoms with Crippen LogP contribution in [0.4, 0.5) is 0 Å². The molecule has 0 unspecified atom stereocenters. The minimum Gasteiger partial charge on any atom is -0.494 e. The average Bonchev–Trinajstić information content (AvgIpc) is 3.02. The van der Waals surface area contributed by atoms with Crippen LogP contribution in [-0.4, -0.2) is 23.3 Å². The van der Waals surface area contributed by atoms with Crippen molar-refractivity contribution in [2.24, 2.45) is 0 Å². The van der Waals surface area contributed by atoms with Gasteiger partial charge in [-0.25, -0.2) is 4.98 Å². The highest BCUT2D eigenvalue weighted by Crippen LogP contribution is 2.23. The molecule has 6 heteroatoms. The molecular formula is C18H17NO3S2. The summed E-state index contributed by atoms with van der Waals surface area (Å²) in [6.45, 7) is 2.82. The Labute approximate surface area is 148 Å². The highest BCUT2D eigenvalue weighted by atomic mass is 32.2. The molecule has 3 aromatic rings. The van der Waals surface area contributed by atoms with E-state index in [4.69, 9.17) is 9.47 Å². The number of carbonyl (C=O) groups excluding carboxylic acids is 1. The van der Waals surface area contributed by atoms with Crippen LogP contribution in [0.5, 0.6) is 5.75 Å². The van der Waals surface area contributed by atoms with Gasteiger partial charge in [0.15, 0.2) is 0 Å². The largest absolute Gasteiger partial charge is 0.494 e. The lowest BCUT2D eigenvalue weighted by atomic mass is 10.3. The first-order chi connectivity index (χ1) is 11.7. The Bertz CT molecular complexity index is 782. The Kier molecular flexibility index (Phi) is 5.72. The highest BCUT2D eigenvalue weighted by Gasteiger charge is 2.08. The number of fused-ring (bicyclic) bond motifs is 1. The van der Waals surface area contributed by atoms with E-state index >= 15 is 0 Å². The van der Waals surface area contributed by atoms with Gasteiger partial charge in [-0.3, -0.25) is 4.79 Å². The molecule has 1 aromatic heterocycles. The maximum absolute atomic E-state index is 11.9. The number of thioether (sulfide) groups is 1. The van der Waals surface area contributed by atoms with Gasteiger partial charge in [0.2, 0.25) is 0 Å². The van der Waals surface area contributed by atoms with Crippen LogP contribution in [0.15, 0.2) is 53.4 Å². The van der Waals surface area contributed by atoms with Gasteiger partial charge in [0.25, 0.3) is 0 Å². The molecule has 0 atom stereocenters. The second-order valence-corrected chi connectivity index (χ2v) is 7.09. The molecule has 0 N–H and O–H groups in total. The van der Waals surface area contributed by atoms with Crippen LogP contribution in [0.3, 0.4) is 0 Å². The zero-order valence-corrected chi connectivity index (χ0v) is 14.9. The minimum atomic E-state index is -0.242. The molecule has 0 bridgehead atoms. The van der Waals surface area contributed by atoms with E-state index in [2.05, 4.69) is 4.98 Å². The third-order valence-corrected chi connectivity index (χ3v) is 5.18. The number of benzene rings is 2. The molecule has 0 aliphatic carbocycles. The maximum atomic E-state index is 11.9.